The molecule has 4 heteroatoms. The Kier molecular flexibility index (Phi) is 2.19. The molecule has 0 atom stereocenters. The van der Waals surface area contributed by atoms with E-state index in [-0.39, 0.29) is 0 Å². The minimum absolute atomic E-state index is 0.450. The summed E-state index contributed by atoms with van der Waals surface area (Å²) >= 11 is 5.58. The van der Waals surface area contributed by atoms with Gasteiger partial charge in [0.05, 0.1) is 19.1 Å². The van der Waals surface area contributed by atoms with Gasteiger partial charge >= 0.3 is 0 Å². The molecule has 0 saturated heterocycles. The largest absolute Gasteiger partial charge is 0.711 e. The van der Waals surface area contributed by atoms with Crippen LogP contribution in [-0.2, 0) is 0 Å². The number of anilines is 1. The Bertz CT molecular complexity index is 263. The number of halogens is 1. The number of nitrogens with zero attached hydrogens (tertiary/aromatic N) is 2. The van der Waals surface area contributed by atoms with Crippen LogP contribution in [0.2, 0.25) is 5.02 Å². The van der Waals surface area contributed by atoms with E-state index in [4.69, 9.17) is 11.6 Å². The number of hydrogen-bond donors (Lipinski definition) is 0. The van der Waals surface area contributed by atoms with E-state index in [9.17, 15) is 5.21 Å². The van der Waals surface area contributed by atoms with Crippen molar-refractivity contribution < 1.29 is 4.73 Å². The van der Waals surface area contributed by atoms with Crippen LogP contribution >= 0.6 is 11.6 Å². The van der Waals surface area contributed by atoms with Gasteiger partial charge in [0.25, 0.3) is 5.82 Å². The molecular formula is C7H9ClN2O. The first-order valence-corrected chi connectivity index (χ1v) is 3.55. The van der Waals surface area contributed by atoms with Crippen LogP contribution in [0.15, 0.2) is 18.3 Å². The summed E-state index contributed by atoms with van der Waals surface area (Å²) in [6.45, 7) is 0. The molecule has 0 aromatic carbocycles. The molecule has 0 aliphatic carbocycles. The lowest BCUT2D eigenvalue weighted by atomic mass is 10.4. The Balaban J connectivity index is 3.09. The van der Waals surface area contributed by atoms with Crippen molar-refractivity contribution in [2.75, 3.05) is 19.0 Å². The highest BCUT2D eigenvalue weighted by molar-refractivity contribution is 6.30. The molecule has 0 saturated carbocycles. The quantitative estimate of drug-likeness (QED) is 0.468. The van der Waals surface area contributed by atoms with Gasteiger partial charge in [-0.2, -0.15) is 0 Å². The summed E-state index contributed by atoms with van der Waals surface area (Å²) in [5.41, 5.74) is 0. The second-order valence-corrected chi connectivity index (χ2v) is 2.86. The molecule has 1 aromatic heterocycles. The average molecular weight is 173 g/mol. The fraction of sp³-hybridized carbons (Fsp3) is 0.286. The first-order chi connectivity index (χ1) is 5.11. The first kappa shape index (κ1) is 8.14. The van der Waals surface area contributed by atoms with E-state index < -0.39 is 0 Å². The average Bonchev–Trinajstić information content (AvgIpc) is 1.85. The Morgan fingerprint density at radius 3 is 2.55 bits per heavy atom. The zero-order valence-corrected chi connectivity index (χ0v) is 7.17. The van der Waals surface area contributed by atoms with Crippen molar-refractivity contribution in [2.45, 2.75) is 0 Å². The highest BCUT2D eigenvalue weighted by atomic mass is 35.5. The second-order valence-electron chi connectivity index (χ2n) is 2.43. The summed E-state index contributed by atoms with van der Waals surface area (Å²) in [4.78, 5) is 1.73. The van der Waals surface area contributed by atoms with E-state index in [0.717, 1.165) is 4.73 Å². The second kappa shape index (κ2) is 2.96. The minimum Gasteiger partial charge on any atom is -0.711 e. The van der Waals surface area contributed by atoms with Gasteiger partial charge in [-0.15, -0.1) is 0 Å². The van der Waals surface area contributed by atoms with Crippen LogP contribution in [0.4, 0.5) is 5.82 Å². The Morgan fingerprint density at radius 1 is 1.45 bits per heavy atom. The van der Waals surface area contributed by atoms with Crippen molar-refractivity contribution in [1.29, 1.82) is 0 Å². The highest BCUT2D eigenvalue weighted by Gasteiger charge is 2.05. The van der Waals surface area contributed by atoms with E-state index >= 15 is 0 Å². The molecule has 1 heterocycles. The van der Waals surface area contributed by atoms with E-state index in [0.29, 0.717) is 10.8 Å². The molecule has 0 N–H and O–H groups in total. The maximum Gasteiger partial charge on any atom is 0.279 e. The van der Waals surface area contributed by atoms with Crippen molar-refractivity contribution in [1.82, 2.24) is 0 Å². The van der Waals surface area contributed by atoms with Gasteiger partial charge < -0.3 is 5.21 Å². The normalized spacial score (nSPS) is 9.73. The molecular weight excluding hydrogens is 164 g/mol. The molecule has 0 aliphatic rings. The highest BCUT2D eigenvalue weighted by Crippen LogP contribution is 2.09. The third kappa shape index (κ3) is 1.74. The van der Waals surface area contributed by atoms with Crippen LogP contribution in [-0.4, -0.2) is 14.1 Å². The number of rotatable bonds is 1. The van der Waals surface area contributed by atoms with Gasteiger partial charge in [-0.25, -0.2) is 4.73 Å². The molecule has 60 valence electrons. The smallest absolute Gasteiger partial charge is 0.279 e. The molecule has 0 aliphatic heterocycles. The van der Waals surface area contributed by atoms with Crippen LogP contribution in [0, 0.1) is 5.21 Å². The zero-order valence-electron chi connectivity index (χ0n) is 6.41. The molecule has 0 radical (unpaired) electrons. The van der Waals surface area contributed by atoms with Crippen LogP contribution in [0.1, 0.15) is 0 Å². The summed E-state index contributed by atoms with van der Waals surface area (Å²) in [6, 6.07) is 3.36. The van der Waals surface area contributed by atoms with Gasteiger partial charge in [-0.3, -0.25) is 4.90 Å². The van der Waals surface area contributed by atoms with Crippen LogP contribution < -0.4 is 9.63 Å². The maximum atomic E-state index is 11.1. The van der Waals surface area contributed by atoms with Crippen molar-refractivity contribution in [3.8, 4) is 0 Å². The third-order valence-corrected chi connectivity index (χ3v) is 1.54. The molecule has 1 aromatic rings. The van der Waals surface area contributed by atoms with Crippen LogP contribution in [0.25, 0.3) is 0 Å². The topological polar surface area (TPSA) is 30.2 Å². The van der Waals surface area contributed by atoms with Crippen molar-refractivity contribution in [3.63, 3.8) is 0 Å². The molecule has 0 fully saturated rings. The van der Waals surface area contributed by atoms with E-state index in [1.54, 1.807) is 31.1 Å². The fourth-order valence-electron chi connectivity index (χ4n) is 0.795. The Labute approximate surface area is 70.4 Å². The predicted octanol–water partition coefficient (Wildman–Crippen LogP) is 1.04. The molecule has 0 bridgehead atoms. The summed E-state index contributed by atoms with van der Waals surface area (Å²) in [7, 11) is 3.61. The number of aromatic nitrogens is 1. The van der Waals surface area contributed by atoms with E-state index in [1.807, 2.05) is 0 Å². The molecule has 0 amide bonds. The van der Waals surface area contributed by atoms with Crippen LogP contribution in [0.3, 0.4) is 0 Å². The SMILES string of the molecule is CN(C)c1ccc(Cl)c[n+]1[O-]. The monoisotopic (exact) mass is 172 g/mol. The lowest BCUT2D eigenvalue weighted by Gasteiger charge is -2.11. The number of pyridine rings is 1. The molecule has 3 nitrogen and oxygen atoms in total. The van der Waals surface area contributed by atoms with Crippen molar-refractivity contribution >= 4 is 17.4 Å². The molecule has 11 heavy (non-hydrogen) atoms. The van der Waals surface area contributed by atoms with E-state index in [1.165, 1.54) is 6.20 Å². The van der Waals surface area contributed by atoms with Crippen molar-refractivity contribution in [2.24, 2.45) is 0 Å². The minimum atomic E-state index is 0.450. The Morgan fingerprint density at radius 2 is 2.09 bits per heavy atom. The lowest BCUT2D eigenvalue weighted by Crippen LogP contribution is -2.33. The van der Waals surface area contributed by atoms with Crippen molar-refractivity contribution in [3.05, 3.63) is 28.6 Å². The third-order valence-electron chi connectivity index (χ3n) is 1.32. The Hall–Kier alpha value is -0.960. The standard InChI is InChI=1S/C7H9ClN2O/c1-9(2)7-4-3-6(8)5-10(7)11/h3-5H,1-2H3. The number of hydrogen-bond acceptors (Lipinski definition) is 2. The van der Waals surface area contributed by atoms with Gasteiger partial charge in [0.15, 0.2) is 0 Å². The molecule has 0 spiro atoms. The summed E-state index contributed by atoms with van der Waals surface area (Å²) in [6.07, 6.45) is 1.33. The van der Waals surface area contributed by atoms with Gasteiger partial charge in [0.2, 0.25) is 0 Å². The van der Waals surface area contributed by atoms with Gasteiger partial charge in [-0.05, 0) is 6.07 Å². The lowest BCUT2D eigenvalue weighted by molar-refractivity contribution is -0.591. The summed E-state index contributed by atoms with van der Waals surface area (Å²) in [5.74, 6) is 0.578. The van der Waals surface area contributed by atoms with E-state index in [2.05, 4.69) is 0 Å². The van der Waals surface area contributed by atoms with Crippen LogP contribution in [0.5, 0.6) is 0 Å². The molecule has 1 rings (SSSR count). The first-order valence-electron chi connectivity index (χ1n) is 3.17. The molecule has 0 unspecified atom stereocenters. The maximum absolute atomic E-state index is 11.1. The zero-order chi connectivity index (χ0) is 8.43. The fourth-order valence-corrected chi connectivity index (χ4v) is 0.947. The van der Waals surface area contributed by atoms with Gasteiger partial charge in [0, 0.05) is 6.07 Å². The summed E-state index contributed by atoms with van der Waals surface area (Å²) in [5, 5.41) is 11.5. The summed E-state index contributed by atoms with van der Waals surface area (Å²) < 4.78 is 0.738. The van der Waals surface area contributed by atoms with Gasteiger partial charge in [-0.1, -0.05) is 11.6 Å². The predicted molar refractivity (Wildman–Crippen MR) is 44.7 cm³/mol. The van der Waals surface area contributed by atoms with Gasteiger partial charge in [0.1, 0.15) is 6.20 Å².